The third kappa shape index (κ3) is 2.43. The van der Waals surface area contributed by atoms with Gasteiger partial charge in [-0.2, -0.15) is 0 Å². The number of aliphatic hydroxyl groups is 1. The predicted octanol–water partition coefficient (Wildman–Crippen LogP) is 2.04. The van der Waals surface area contributed by atoms with E-state index in [1.807, 2.05) is 12.1 Å². The molecule has 10 nitrogen and oxygen atoms in total. The zero-order valence-corrected chi connectivity index (χ0v) is 17.3. The third-order valence-corrected chi connectivity index (χ3v) is 6.17. The van der Waals surface area contributed by atoms with E-state index in [-0.39, 0.29) is 35.5 Å². The van der Waals surface area contributed by atoms with Gasteiger partial charge in [-0.05, 0) is 12.5 Å². The maximum absolute atomic E-state index is 13.4. The van der Waals surface area contributed by atoms with Crippen molar-refractivity contribution in [2.45, 2.75) is 32.1 Å². The van der Waals surface area contributed by atoms with Gasteiger partial charge in [0.25, 0.3) is 5.56 Å². The summed E-state index contributed by atoms with van der Waals surface area (Å²) in [7, 11) is 1.61. The van der Waals surface area contributed by atoms with E-state index in [1.54, 1.807) is 25.4 Å². The highest BCUT2D eigenvalue weighted by Crippen LogP contribution is 2.46. The Bertz CT molecular complexity index is 1440. The predicted molar refractivity (Wildman–Crippen MR) is 115 cm³/mol. The van der Waals surface area contributed by atoms with Gasteiger partial charge in [-0.3, -0.25) is 24.5 Å². The number of fused-ring (bicyclic) bond motifs is 5. The normalized spacial score (nSPS) is 19.0. The molecule has 3 aromatic rings. The van der Waals surface area contributed by atoms with Crippen LogP contribution in [0.4, 0.5) is 5.69 Å². The number of pyridine rings is 2. The lowest BCUT2D eigenvalue weighted by Crippen LogP contribution is -2.45. The zero-order valence-electron chi connectivity index (χ0n) is 17.3. The van der Waals surface area contributed by atoms with Crippen molar-refractivity contribution in [3.8, 4) is 11.4 Å². The molecule has 0 amide bonds. The van der Waals surface area contributed by atoms with Crippen molar-refractivity contribution in [1.29, 1.82) is 0 Å². The first kappa shape index (κ1) is 20.0. The maximum Gasteiger partial charge on any atom is 0.343 e. The molecule has 0 spiro atoms. The fourth-order valence-electron chi connectivity index (χ4n) is 4.66. The number of para-hydroxylation sites is 1. The van der Waals surface area contributed by atoms with Crippen molar-refractivity contribution in [2.75, 3.05) is 7.05 Å². The van der Waals surface area contributed by atoms with Gasteiger partial charge in [0, 0.05) is 29.8 Å². The van der Waals surface area contributed by atoms with E-state index in [1.165, 1.54) is 11.5 Å². The average Bonchev–Trinajstić information content (AvgIpc) is 3.16. The van der Waals surface area contributed by atoms with Crippen LogP contribution in [0.5, 0.6) is 0 Å². The van der Waals surface area contributed by atoms with Crippen LogP contribution in [0.25, 0.3) is 22.3 Å². The lowest BCUT2D eigenvalue weighted by molar-refractivity contribution is -0.386. The van der Waals surface area contributed by atoms with Gasteiger partial charge in [0.1, 0.15) is 18.0 Å². The first-order valence-electron chi connectivity index (χ1n) is 10.0. The number of carbonyl (C=O) groups is 1. The van der Waals surface area contributed by atoms with Crippen LogP contribution in [0.2, 0.25) is 0 Å². The molecule has 10 heteroatoms. The number of hydrogen-bond acceptors (Lipinski definition) is 8. The molecular weight excluding hydrogens is 416 g/mol. The monoisotopic (exact) mass is 434 g/mol. The van der Waals surface area contributed by atoms with Gasteiger partial charge in [0.15, 0.2) is 5.60 Å². The van der Waals surface area contributed by atoms with Crippen LogP contribution in [0.1, 0.15) is 35.6 Å². The third-order valence-electron chi connectivity index (χ3n) is 6.17. The molecule has 32 heavy (non-hydrogen) atoms. The summed E-state index contributed by atoms with van der Waals surface area (Å²) >= 11 is 0. The van der Waals surface area contributed by atoms with Crippen LogP contribution in [0, 0.1) is 10.1 Å². The van der Waals surface area contributed by atoms with E-state index in [0.717, 1.165) is 5.39 Å². The summed E-state index contributed by atoms with van der Waals surface area (Å²) in [4.78, 5) is 46.2. The van der Waals surface area contributed by atoms with Crippen LogP contribution < -0.4 is 5.56 Å². The fourth-order valence-corrected chi connectivity index (χ4v) is 4.66. The molecule has 0 bridgehead atoms. The van der Waals surface area contributed by atoms with E-state index >= 15 is 0 Å². The minimum atomic E-state index is -2.29. The second-order valence-corrected chi connectivity index (χ2v) is 7.75. The average molecular weight is 434 g/mol. The van der Waals surface area contributed by atoms with E-state index in [4.69, 9.17) is 4.74 Å². The lowest BCUT2D eigenvalue weighted by atomic mass is 9.84. The Balaban J connectivity index is 1.97. The van der Waals surface area contributed by atoms with Crippen LogP contribution in [-0.2, 0) is 28.3 Å². The van der Waals surface area contributed by atoms with Crippen molar-refractivity contribution in [2.24, 2.45) is 4.99 Å². The Morgan fingerprint density at radius 3 is 2.78 bits per heavy atom. The number of hydrogen-bond donors (Lipinski definition) is 1. The number of aromatic nitrogens is 2. The van der Waals surface area contributed by atoms with E-state index < -0.39 is 34.3 Å². The number of ether oxygens (including phenoxy) is 1. The molecule has 0 saturated heterocycles. The highest BCUT2D eigenvalue weighted by atomic mass is 16.6. The van der Waals surface area contributed by atoms with E-state index in [9.17, 15) is 24.8 Å². The maximum atomic E-state index is 13.4. The van der Waals surface area contributed by atoms with Gasteiger partial charge in [-0.1, -0.05) is 25.1 Å². The minimum Gasteiger partial charge on any atom is -0.458 e. The molecule has 1 atom stereocenters. The number of rotatable bonds is 3. The summed E-state index contributed by atoms with van der Waals surface area (Å²) in [6, 6.07) is 7.29. The van der Waals surface area contributed by atoms with E-state index in [2.05, 4.69) is 9.98 Å². The molecule has 0 fully saturated rings. The molecule has 2 aliphatic rings. The molecule has 162 valence electrons. The number of carbonyl (C=O) groups excluding carboxylic acids is 1. The number of esters is 1. The molecule has 5 rings (SSSR count). The number of benzene rings is 1. The zero-order chi connectivity index (χ0) is 22.8. The smallest absolute Gasteiger partial charge is 0.343 e. The van der Waals surface area contributed by atoms with Crippen molar-refractivity contribution < 1.29 is 19.6 Å². The van der Waals surface area contributed by atoms with Gasteiger partial charge < -0.3 is 9.84 Å². The largest absolute Gasteiger partial charge is 0.458 e. The summed E-state index contributed by atoms with van der Waals surface area (Å²) in [5.74, 6) is -1.01. The van der Waals surface area contributed by atoms with Crippen molar-refractivity contribution in [3.05, 3.63) is 67.0 Å². The number of nitrogens with zero attached hydrogens (tertiary/aromatic N) is 4. The Kier molecular flexibility index (Phi) is 4.25. The quantitative estimate of drug-likeness (QED) is 0.225. The summed E-state index contributed by atoms with van der Waals surface area (Å²) in [6.07, 6.45) is 1.45. The number of nitro groups is 1. The van der Waals surface area contributed by atoms with Gasteiger partial charge in [0.2, 0.25) is 0 Å². The van der Waals surface area contributed by atoms with Gasteiger partial charge in [-0.25, -0.2) is 9.78 Å². The van der Waals surface area contributed by atoms with Crippen LogP contribution in [0.3, 0.4) is 0 Å². The van der Waals surface area contributed by atoms with Crippen LogP contribution in [-0.4, -0.2) is 38.8 Å². The summed E-state index contributed by atoms with van der Waals surface area (Å²) in [5.41, 5.74) is -1.58. The molecule has 0 aliphatic carbocycles. The summed E-state index contributed by atoms with van der Waals surface area (Å²) in [5, 5.41) is 24.2. The summed E-state index contributed by atoms with van der Waals surface area (Å²) in [6.45, 7) is 1.11. The van der Waals surface area contributed by atoms with Gasteiger partial charge in [-0.15, -0.1) is 0 Å². The fraction of sp³-hybridized carbons (Fsp3) is 0.273. The van der Waals surface area contributed by atoms with Gasteiger partial charge in [0.05, 0.1) is 28.1 Å². The molecule has 1 aromatic carbocycles. The molecule has 2 aliphatic heterocycles. The molecule has 4 heterocycles. The Hall–Kier alpha value is -3.92. The number of aliphatic imine (C=N–C) groups is 1. The summed E-state index contributed by atoms with van der Waals surface area (Å²) < 4.78 is 6.30. The van der Waals surface area contributed by atoms with Crippen LogP contribution in [0.15, 0.2) is 34.1 Å². The molecule has 2 aromatic heterocycles. The minimum absolute atomic E-state index is 0.0215. The first-order chi connectivity index (χ1) is 15.3. The topological polar surface area (TPSA) is 137 Å². The molecule has 0 saturated carbocycles. The Morgan fingerprint density at radius 2 is 2.09 bits per heavy atom. The first-order valence-corrected chi connectivity index (χ1v) is 10.0. The van der Waals surface area contributed by atoms with Crippen molar-refractivity contribution >= 4 is 28.8 Å². The second kappa shape index (κ2) is 6.79. The Morgan fingerprint density at radius 1 is 1.34 bits per heavy atom. The van der Waals surface area contributed by atoms with E-state index in [0.29, 0.717) is 16.6 Å². The van der Waals surface area contributed by atoms with Gasteiger partial charge >= 0.3 is 11.7 Å². The molecule has 0 unspecified atom stereocenters. The van der Waals surface area contributed by atoms with Crippen molar-refractivity contribution in [3.63, 3.8) is 0 Å². The highest BCUT2D eigenvalue weighted by Gasteiger charge is 2.51. The number of cyclic esters (lactones) is 1. The van der Waals surface area contributed by atoms with Crippen LogP contribution >= 0.6 is 0 Å². The molecule has 1 N–H and O–H groups in total. The second-order valence-electron chi connectivity index (χ2n) is 7.75. The molecular formula is C22H18N4O6. The molecule has 0 radical (unpaired) electrons. The standard InChI is InChI=1S/C22H18N4O6/c1-3-22(29)16-14(10-32-21(22)28)20(27)25-9-13-12(8-23-2)11-6-4-5-7-15(11)24-17(13)19(25)18(16)26(30)31/h4-8,29H,3,9-10H2,1-2H3/t22-/m0/s1. The lowest BCUT2D eigenvalue weighted by Gasteiger charge is -2.31. The SMILES string of the molecule is CC[C@@]1(O)C(=O)OCc2c1c([N+](=O)[O-])c1n(c2=O)Cc2c-1nc1ccccc1c2C=NC. The Labute approximate surface area is 181 Å². The highest BCUT2D eigenvalue weighted by molar-refractivity contribution is 6.03. The van der Waals surface area contributed by atoms with Crippen molar-refractivity contribution in [1.82, 2.24) is 9.55 Å².